The minimum absolute atomic E-state index is 0.0294. The van der Waals surface area contributed by atoms with E-state index in [-0.39, 0.29) is 25.1 Å². The maximum atomic E-state index is 14.2. The van der Waals surface area contributed by atoms with E-state index in [1.807, 2.05) is 0 Å². The number of halogens is 5. The second kappa shape index (κ2) is 6.33. The summed E-state index contributed by atoms with van der Waals surface area (Å²) in [4.78, 5) is 13.9. The maximum absolute atomic E-state index is 14.2. The first-order chi connectivity index (χ1) is 11.3. The second-order valence-corrected chi connectivity index (χ2v) is 6.59. The second-order valence-electron chi connectivity index (χ2n) is 6.59. The van der Waals surface area contributed by atoms with Crippen LogP contribution >= 0.6 is 0 Å². The molecular formula is C17H18F5NO. The smallest absolute Gasteiger partial charge is 0.309 e. The summed E-state index contributed by atoms with van der Waals surface area (Å²) in [6.07, 6.45) is -2.85. The third-order valence-electron chi connectivity index (χ3n) is 4.96. The van der Waals surface area contributed by atoms with Gasteiger partial charge >= 0.3 is 6.18 Å². The Morgan fingerprint density at radius 3 is 2.58 bits per heavy atom. The molecule has 0 bridgehead atoms. The highest BCUT2D eigenvalue weighted by molar-refractivity contribution is 5.96. The van der Waals surface area contributed by atoms with Crippen LogP contribution in [0.5, 0.6) is 0 Å². The van der Waals surface area contributed by atoms with Crippen molar-refractivity contribution in [2.24, 2.45) is 11.8 Å². The van der Waals surface area contributed by atoms with Crippen molar-refractivity contribution in [3.8, 4) is 0 Å². The van der Waals surface area contributed by atoms with E-state index in [0.717, 1.165) is 0 Å². The van der Waals surface area contributed by atoms with Gasteiger partial charge in [-0.1, -0.05) is 6.42 Å². The Bertz CT molecular complexity index is 643. The highest BCUT2D eigenvalue weighted by atomic mass is 19.4. The Labute approximate surface area is 136 Å². The molecule has 1 aromatic carbocycles. The Morgan fingerprint density at radius 2 is 1.88 bits per heavy atom. The van der Waals surface area contributed by atoms with E-state index >= 15 is 0 Å². The van der Waals surface area contributed by atoms with E-state index in [2.05, 4.69) is 0 Å². The predicted octanol–water partition coefficient (Wildman–Crippen LogP) is 4.61. The summed E-state index contributed by atoms with van der Waals surface area (Å²) in [7, 11) is 0. The third-order valence-corrected chi connectivity index (χ3v) is 4.96. The number of rotatable bonds is 1. The van der Waals surface area contributed by atoms with Crippen LogP contribution in [0.4, 0.5) is 27.6 Å². The van der Waals surface area contributed by atoms with E-state index in [4.69, 9.17) is 0 Å². The lowest BCUT2D eigenvalue weighted by atomic mass is 9.80. The van der Waals surface area contributed by atoms with E-state index < -0.39 is 35.6 Å². The number of nitrogens with zero attached hydrogens (tertiary/aromatic N) is 1. The molecule has 0 saturated heterocycles. The molecule has 0 aromatic heterocycles. The fourth-order valence-electron chi connectivity index (χ4n) is 3.80. The number of fused-ring (bicyclic) bond motifs is 1. The summed E-state index contributed by atoms with van der Waals surface area (Å²) in [5.74, 6) is -4.27. The molecule has 7 heteroatoms. The molecule has 1 aromatic rings. The molecule has 132 valence electrons. The highest BCUT2D eigenvalue weighted by Crippen LogP contribution is 2.41. The molecule has 1 saturated carbocycles. The number of carbonyl (C=O) groups excluding carboxylic acids is 1. The quantitative estimate of drug-likeness (QED) is 0.679. The minimum Gasteiger partial charge on any atom is -0.309 e. The first-order valence-electron chi connectivity index (χ1n) is 8.13. The molecule has 2 aliphatic rings. The lowest BCUT2D eigenvalue weighted by Crippen LogP contribution is -2.43. The predicted molar refractivity (Wildman–Crippen MR) is 78.5 cm³/mol. The maximum Gasteiger partial charge on any atom is 0.391 e. The van der Waals surface area contributed by atoms with Crippen LogP contribution in [-0.4, -0.2) is 18.6 Å². The number of aryl methyl sites for hydroxylation is 1. The van der Waals surface area contributed by atoms with E-state index in [1.165, 1.54) is 11.0 Å². The van der Waals surface area contributed by atoms with Crippen LogP contribution in [0.15, 0.2) is 12.1 Å². The molecule has 1 amide bonds. The van der Waals surface area contributed by atoms with Crippen LogP contribution in [0.2, 0.25) is 0 Å². The zero-order valence-corrected chi connectivity index (χ0v) is 13.0. The van der Waals surface area contributed by atoms with Crippen molar-refractivity contribution >= 4 is 11.6 Å². The number of carbonyl (C=O) groups is 1. The molecular weight excluding hydrogens is 329 g/mol. The van der Waals surface area contributed by atoms with Crippen LogP contribution < -0.4 is 4.90 Å². The topological polar surface area (TPSA) is 20.3 Å². The SMILES string of the molecule is O=C(C1CCCC(C(F)(F)F)C1)N1CCCc2cc(F)cc(F)c21. The van der Waals surface area contributed by atoms with Gasteiger partial charge in [-0.3, -0.25) is 4.79 Å². The third kappa shape index (κ3) is 3.26. The van der Waals surface area contributed by atoms with Gasteiger partial charge in [-0.25, -0.2) is 8.78 Å². The average molecular weight is 347 g/mol. The van der Waals surface area contributed by atoms with Crippen LogP contribution in [0.1, 0.15) is 37.7 Å². The van der Waals surface area contributed by atoms with Crippen molar-refractivity contribution < 1.29 is 26.7 Å². The number of hydrogen-bond donors (Lipinski definition) is 0. The molecule has 0 spiro atoms. The Morgan fingerprint density at radius 1 is 1.12 bits per heavy atom. The fraction of sp³-hybridized carbons (Fsp3) is 0.588. The van der Waals surface area contributed by atoms with Gasteiger partial charge in [-0.05, 0) is 43.7 Å². The van der Waals surface area contributed by atoms with E-state index in [0.29, 0.717) is 37.3 Å². The number of benzene rings is 1. The van der Waals surface area contributed by atoms with Gasteiger partial charge in [0.2, 0.25) is 5.91 Å². The van der Waals surface area contributed by atoms with Crippen molar-refractivity contribution in [1.29, 1.82) is 0 Å². The monoisotopic (exact) mass is 347 g/mol. The number of amides is 1. The van der Waals surface area contributed by atoms with E-state index in [9.17, 15) is 26.7 Å². The highest BCUT2D eigenvalue weighted by Gasteiger charge is 2.44. The summed E-state index contributed by atoms with van der Waals surface area (Å²) in [5, 5.41) is 0. The van der Waals surface area contributed by atoms with Crippen LogP contribution in [0.3, 0.4) is 0 Å². The Balaban J connectivity index is 1.84. The summed E-state index contributed by atoms with van der Waals surface area (Å²) in [6, 6.07) is 1.90. The number of hydrogen-bond acceptors (Lipinski definition) is 1. The molecule has 1 aliphatic carbocycles. The normalized spacial score (nSPS) is 24.6. The van der Waals surface area contributed by atoms with Gasteiger partial charge in [0.25, 0.3) is 0 Å². The van der Waals surface area contributed by atoms with Crippen LogP contribution in [-0.2, 0) is 11.2 Å². The molecule has 1 fully saturated rings. The first-order valence-corrected chi connectivity index (χ1v) is 8.13. The summed E-state index contributed by atoms with van der Waals surface area (Å²) in [6.45, 7) is 0.252. The largest absolute Gasteiger partial charge is 0.391 e. The molecule has 1 aliphatic heterocycles. The van der Waals surface area contributed by atoms with Gasteiger partial charge in [0.05, 0.1) is 11.6 Å². The van der Waals surface area contributed by atoms with Crippen molar-refractivity contribution in [2.45, 2.75) is 44.7 Å². The van der Waals surface area contributed by atoms with E-state index in [1.54, 1.807) is 0 Å². The summed E-state index contributed by atoms with van der Waals surface area (Å²) < 4.78 is 66.3. The molecule has 24 heavy (non-hydrogen) atoms. The molecule has 2 unspecified atom stereocenters. The Hall–Kier alpha value is -1.66. The van der Waals surface area contributed by atoms with Crippen molar-refractivity contribution in [3.63, 3.8) is 0 Å². The van der Waals surface area contributed by atoms with Gasteiger partial charge in [0.15, 0.2) is 0 Å². The summed E-state index contributed by atoms with van der Waals surface area (Å²) >= 11 is 0. The molecule has 0 N–H and O–H groups in total. The van der Waals surface area contributed by atoms with Crippen molar-refractivity contribution in [2.75, 3.05) is 11.4 Å². The van der Waals surface area contributed by atoms with Gasteiger partial charge in [-0.15, -0.1) is 0 Å². The van der Waals surface area contributed by atoms with Gasteiger partial charge in [-0.2, -0.15) is 13.2 Å². The molecule has 3 rings (SSSR count). The summed E-state index contributed by atoms with van der Waals surface area (Å²) in [5.41, 5.74) is 0.428. The number of anilines is 1. The minimum atomic E-state index is -4.31. The van der Waals surface area contributed by atoms with Crippen LogP contribution in [0, 0.1) is 23.5 Å². The lowest BCUT2D eigenvalue weighted by Gasteiger charge is -2.36. The molecule has 0 radical (unpaired) electrons. The molecule has 1 heterocycles. The molecule has 2 nitrogen and oxygen atoms in total. The zero-order chi connectivity index (χ0) is 17.5. The lowest BCUT2D eigenvalue weighted by molar-refractivity contribution is -0.186. The van der Waals surface area contributed by atoms with Gasteiger partial charge in [0.1, 0.15) is 11.6 Å². The van der Waals surface area contributed by atoms with Crippen LogP contribution in [0.25, 0.3) is 0 Å². The zero-order valence-electron chi connectivity index (χ0n) is 13.0. The number of alkyl halides is 3. The van der Waals surface area contributed by atoms with Gasteiger partial charge in [0, 0.05) is 18.5 Å². The fourth-order valence-corrected chi connectivity index (χ4v) is 3.80. The first kappa shape index (κ1) is 17.2. The molecule has 2 atom stereocenters. The van der Waals surface area contributed by atoms with Gasteiger partial charge < -0.3 is 4.90 Å². The Kier molecular flexibility index (Phi) is 4.53. The standard InChI is InChI=1S/C17H18F5NO/c18-13-8-10-4-2-6-23(15(10)14(19)9-13)16(24)11-3-1-5-12(7-11)17(20,21)22/h8-9,11-12H,1-7H2. The van der Waals surface area contributed by atoms with Crippen molar-refractivity contribution in [3.05, 3.63) is 29.3 Å². The average Bonchev–Trinajstić information content (AvgIpc) is 2.52. The van der Waals surface area contributed by atoms with Crippen molar-refractivity contribution in [1.82, 2.24) is 0 Å².